The van der Waals surface area contributed by atoms with Crippen LogP contribution in [0, 0.1) is 19.8 Å². The molecule has 2 aliphatic rings. The molecule has 274 valence electrons. The smallest absolute Gasteiger partial charge is 0.407 e. The summed E-state index contributed by atoms with van der Waals surface area (Å²) in [5, 5.41) is 9.22. The van der Waals surface area contributed by atoms with Crippen LogP contribution in [0.2, 0.25) is 0 Å². The van der Waals surface area contributed by atoms with E-state index in [9.17, 15) is 14.4 Å². The molecular weight excluding hydrogens is 656 g/mol. The van der Waals surface area contributed by atoms with Gasteiger partial charge in [-0.1, -0.05) is 32.0 Å². The lowest BCUT2D eigenvalue weighted by Crippen LogP contribution is -2.54. The summed E-state index contributed by atoms with van der Waals surface area (Å²) in [6.45, 7) is 14.7. The molecule has 4 unspecified atom stereocenters. The molecule has 2 aliphatic heterocycles. The summed E-state index contributed by atoms with van der Waals surface area (Å²) in [4.78, 5) is 55.5. The van der Waals surface area contributed by atoms with Gasteiger partial charge in [-0.3, -0.25) is 9.59 Å². The second kappa shape index (κ2) is 15.6. The van der Waals surface area contributed by atoms with Crippen LogP contribution in [-0.4, -0.2) is 82.6 Å². The largest absolute Gasteiger partial charge is 0.453 e. The summed E-state index contributed by atoms with van der Waals surface area (Å²) in [5.41, 5.74) is 7.41. The number of hydrogen-bond donors (Lipinski definition) is 4. The van der Waals surface area contributed by atoms with Gasteiger partial charge in [0, 0.05) is 43.6 Å². The molecule has 4 heterocycles. The first-order valence-corrected chi connectivity index (χ1v) is 18.1. The van der Waals surface area contributed by atoms with E-state index < -0.39 is 12.1 Å². The minimum Gasteiger partial charge on any atom is -0.453 e. The fraction of sp³-hybridized carbons (Fsp3) is 0.425. The van der Waals surface area contributed by atoms with E-state index in [0.29, 0.717) is 24.2 Å². The number of nitrogens with zero attached hydrogens (tertiary/aromatic N) is 4. The maximum atomic E-state index is 13.5. The number of amides is 3. The standard InChI is InChI=1S/C40H50N8O4/c1-23(2)36(46-40(51)52-7)39(50)47-16-8-9-34(47)37-43-21-33(45-37)28-10-13-31(24(3)17-28)32-14-12-30(18-25(32)4)44-38(49)29-11-15-35(42-20-29)48-22-26(5)41-19-27(48)6/h10-15,17-18,20-21,23,26-27,34,36,41H,8-9,16,19,22H2,1-7H3,(H,43,45)(H,44,49)(H,46,51). The van der Waals surface area contributed by atoms with Crippen LogP contribution in [0.25, 0.3) is 22.4 Å². The van der Waals surface area contributed by atoms with Gasteiger partial charge in [0.25, 0.3) is 5.91 Å². The Bertz CT molecular complexity index is 1920. The number of ether oxygens (including phenoxy) is 1. The fourth-order valence-electron chi connectivity index (χ4n) is 7.26. The van der Waals surface area contributed by atoms with Crippen LogP contribution < -0.4 is 20.9 Å². The number of benzene rings is 2. The molecule has 2 saturated heterocycles. The third kappa shape index (κ3) is 7.81. The number of rotatable bonds is 9. The highest BCUT2D eigenvalue weighted by Crippen LogP contribution is 2.35. The second-order valence-corrected chi connectivity index (χ2v) is 14.5. The average Bonchev–Trinajstić information content (AvgIpc) is 3.82. The number of carbonyl (C=O) groups is 3. The first kappa shape index (κ1) is 36.6. The van der Waals surface area contributed by atoms with Crippen LogP contribution in [0.1, 0.15) is 73.9 Å². The number of H-pyrrole nitrogens is 1. The van der Waals surface area contributed by atoms with Crippen molar-refractivity contribution in [2.45, 2.75) is 78.6 Å². The molecular formula is C40H50N8O4. The Morgan fingerprint density at radius 3 is 2.38 bits per heavy atom. The van der Waals surface area contributed by atoms with Gasteiger partial charge in [0.1, 0.15) is 17.7 Å². The average molecular weight is 707 g/mol. The van der Waals surface area contributed by atoms with Gasteiger partial charge in [-0.15, -0.1) is 0 Å². The van der Waals surface area contributed by atoms with Crippen molar-refractivity contribution in [3.63, 3.8) is 0 Å². The number of methoxy groups -OCH3 is 1. The number of aryl methyl sites for hydroxylation is 2. The number of anilines is 2. The van der Waals surface area contributed by atoms with Crippen LogP contribution in [0.15, 0.2) is 60.9 Å². The lowest BCUT2D eigenvalue weighted by atomic mass is 9.94. The van der Waals surface area contributed by atoms with Gasteiger partial charge in [-0.25, -0.2) is 14.8 Å². The fourth-order valence-corrected chi connectivity index (χ4v) is 7.26. The molecule has 0 radical (unpaired) electrons. The van der Waals surface area contributed by atoms with E-state index >= 15 is 0 Å². The summed E-state index contributed by atoms with van der Waals surface area (Å²) in [6, 6.07) is 15.9. The number of likely N-dealkylation sites (tertiary alicyclic amines) is 1. The summed E-state index contributed by atoms with van der Waals surface area (Å²) in [6.07, 6.45) is 4.48. The number of piperazine rings is 1. The van der Waals surface area contributed by atoms with Crippen molar-refractivity contribution in [1.82, 2.24) is 30.5 Å². The molecule has 2 fully saturated rings. The lowest BCUT2D eigenvalue weighted by Gasteiger charge is -2.38. The highest BCUT2D eigenvalue weighted by atomic mass is 16.5. The van der Waals surface area contributed by atoms with Crippen molar-refractivity contribution in [1.29, 1.82) is 0 Å². The van der Waals surface area contributed by atoms with E-state index in [1.807, 2.05) is 62.2 Å². The second-order valence-electron chi connectivity index (χ2n) is 14.5. The topological polar surface area (TPSA) is 145 Å². The minimum atomic E-state index is -0.683. The maximum absolute atomic E-state index is 13.5. The number of carbonyl (C=O) groups excluding carboxylic acids is 3. The molecule has 4 N–H and O–H groups in total. The predicted molar refractivity (Wildman–Crippen MR) is 203 cm³/mol. The first-order chi connectivity index (χ1) is 24.9. The lowest BCUT2D eigenvalue weighted by molar-refractivity contribution is -0.135. The summed E-state index contributed by atoms with van der Waals surface area (Å²) >= 11 is 0. The zero-order valence-corrected chi connectivity index (χ0v) is 31.1. The van der Waals surface area contributed by atoms with Gasteiger partial charge >= 0.3 is 6.09 Å². The minimum absolute atomic E-state index is 0.100. The van der Waals surface area contributed by atoms with Crippen LogP contribution in [-0.2, 0) is 9.53 Å². The number of nitrogens with one attached hydrogen (secondary N) is 4. The molecule has 0 aliphatic carbocycles. The molecule has 0 saturated carbocycles. The molecule has 3 amide bonds. The van der Waals surface area contributed by atoms with Gasteiger partial charge in [-0.05, 0) is 105 Å². The van der Waals surface area contributed by atoms with Crippen LogP contribution in [0.4, 0.5) is 16.3 Å². The SMILES string of the molecule is COC(=O)NC(C(=O)N1CCCC1c1ncc(-c2ccc(-c3ccc(NC(=O)c4ccc(N5CC(C)NCC5C)nc4)cc3C)c(C)c2)[nH]1)C(C)C. The normalized spacial score (nSPS) is 19.4. The van der Waals surface area contributed by atoms with E-state index in [2.05, 4.69) is 69.8 Å². The maximum Gasteiger partial charge on any atom is 0.407 e. The number of aromatic amines is 1. The molecule has 4 atom stereocenters. The van der Waals surface area contributed by atoms with E-state index in [0.717, 1.165) is 76.8 Å². The number of alkyl carbamates (subject to hydrolysis) is 1. The predicted octanol–water partition coefficient (Wildman–Crippen LogP) is 6.24. The zero-order chi connectivity index (χ0) is 37.1. The van der Waals surface area contributed by atoms with Gasteiger partial charge < -0.3 is 35.5 Å². The number of aromatic nitrogens is 3. The van der Waals surface area contributed by atoms with E-state index in [1.54, 1.807) is 6.20 Å². The molecule has 12 nitrogen and oxygen atoms in total. The molecule has 4 aromatic rings. The molecule has 0 bridgehead atoms. The molecule has 52 heavy (non-hydrogen) atoms. The summed E-state index contributed by atoms with van der Waals surface area (Å²) < 4.78 is 4.76. The van der Waals surface area contributed by atoms with Crippen molar-refractivity contribution in [2.24, 2.45) is 5.92 Å². The van der Waals surface area contributed by atoms with Gasteiger partial charge in [0.15, 0.2) is 0 Å². The molecule has 12 heteroatoms. The Kier molecular flexibility index (Phi) is 10.9. The number of imidazole rings is 1. The van der Waals surface area contributed by atoms with Crippen molar-refractivity contribution in [3.8, 4) is 22.4 Å². The summed E-state index contributed by atoms with van der Waals surface area (Å²) in [7, 11) is 1.29. The third-order valence-corrected chi connectivity index (χ3v) is 10.2. The van der Waals surface area contributed by atoms with E-state index in [1.165, 1.54) is 7.11 Å². The highest BCUT2D eigenvalue weighted by Gasteiger charge is 2.37. The quantitative estimate of drug-likeness (QED) is 0.160. The van der Waals surface area contributed by atoms with Crippen molar-refractivity contribution >= 4 is 29.4 Å². The summed E-state index contributed by atoms with van der Waals surface area (Å²) in [5.74, 6) is 1.17. The van der Waals surface area contributed by atoms with Gasteiger partial charge in [0.05, 0.1) is 30.6 Å². The zero-order valence-electron chi connectivity index (χ0n) is 31.1. The van der Waals surface area contributed by atoms with Gasteiger partial charge in [0.2, 0.25) is 5.91 Å². The van der Waals surface area contributed by atoms with Crippen LogP contribution >= 0.6 is 0 Å². The molecule has 0 spiro atoms. The first-order valence-electron chi connectivity index (χ1n) is 18.1. The van der Waals surface area contributed by atoms with Gasteiger partial charge in [-0.2, -0.15) is 0 Å². The number of pyridine rings is 1. The Labute approximate surface area is 305 Å². The Morgan fingerprint density at radius 1 is 0.962 bits per heavy atom. The van der Waals surface area contributed by atoms with Crippen molar-refractivity contribution < 1.29 is 19.1 Å². The van der Waals surface area contributed by atoms with Crippen LogP contribution in [0.5, 0.6) is 0 Å². The Balaban J connectivity index is 1.12. The highest BCUT2D eigenvalue weighted by molar-refractivity contribution is 6.04. The third-order valence-electron chi connectivity index (χ3n) is 10.2. The molecule has 6 rings (SSSR count). The van der Waals surface area contributed by atoms with Crippen molar-refractivity contribution in [2.75, 3.05) is 37.0 Å². The van der Waals surface area contributed by atoms with Crippen LogP contribution in [0.3, 0.4) is 0 Å². The number of hydrogen-bond acceptors (Lipinski definition) is 8. The Morgan fingerprint density at radius 2 is 1.71 bits per heavy atom. The molecule has 2 aromatic heterocycles. The molecule has 2 aromatic carbocycles. The Hall–Kier alpha value is -5.23. The van der Waals surface area contributed by atoms with E-state index in [4.69, 9.17) is 9.72 Å². The monoisotopic (exact) mass is 706 g/mol. The van der Waals surface area contributed by atoms with E-state index in [-0.39, 0.29) is 23.8 Å². The van der Waals surface area contributed by atoms with Crippen molar-refractivity contribution in [3.05, 3.63) is 83.4 Å².